The lowest BCUT2D eigenvalue weighted by Crippen LogP contribution is -1.97. The van der Waals surface area contributed by atoms with Crippen LogP contribution < -0.4 is 0 Å². The summed E-state index contributed by atoms with van der Waals surface area (Å²) in [5, 5.41) is 3.02. The molecule has 53 heavy (non-hydrogen) atoms. The average molecular weight is 678 g/mol. The van der Waals surface area contributed by atoms with Crippen LogP contribution in [-0.4, -0.2) is 15.0 Å². The largest absolute Gasteiger partial charge is 0.455 e. The SMILES string of the molecule is c1ccc(-c2ccc(-c3cc(-c4ccc(-c5ccccc5)cc4)nc(-c4ccc5c(c4)nc(-c4ccccc4)c4c6ccccc6oc54)n3)cc2)cc1. The van der Waals surface area contributed by atoms with E-state index >= 15 is 0 Å². The van der Waals surface area contributed by atoms with Gasteiger partial charge in [-0.2, -0.15) is 0 Å². The molecule has 10 aromatic rings. The van der Waals surface area contributed by atoms with Crippen LogP contribution in [0.4, 0.5) is 0 Å². The highest BCUT2D eigenvalue weighted by Gasteiger charge is 2.19. The van der Waals surface area contributed by atoms with E-state index in [1.54, 1.807) is 0 Å². The van der Waals surface area contributed by atoms with E-state index in [1.165, 1.54) is 11.1 Å². The molecule has 0 spiro atoms. The summed E-state index contributed by atoms with van der Waals surface area (Å²) < 4.78 is 6.54. The third-order valence-electron chi connectivity index (χ3n) is 9.91. The van der Waals surface area contributed by atoms with Crippen LogP contribution >= 0.6 is 0 Å². The van der Waals surface area contributed by atoms with E-state index in [2.05, 4.69) is 140 Å². The molecule has 0 radical (unpaired) electrons. The summed E-state index contributed by atoms with van der Waals surface area (Å²) in [6, 6.07) is 64.9. The van der Waals surface area contributed by atoms with Gasteiger partial charge < -0.3 is 4.42 Å². The van der Waals surface area contributed by atoms with Gasteiger partial charge in [0.2, 0.25) is 0 Å². The molecular weight excluding hydrogens is 647 g/mol. The first-order valence-electron chi connectivity index (χ1n) is 17.8. The maximum Gasteiger partial charge on any atom is 0.160 e. The molecule has 0 amide bonds. The van der Waals surface area contributed by atoms with Crippen molar-refractivity contribution in [3.05, 3.63) is 188 Å². The van der Waals surface area contributed by atoms with Gasteiger partial charge in [0.25, 0.3) is 0 Å². The minimum atomic E-state index is 0.631. The summed E-state index contributed by atoms with van der Waals surface area (Å²) in [5.74, 6) is 0.631. The van der Waals surface area contributed by atoms with E-state index < -0.39 is 0 Å². The minimum absolute atomic E-state index is 0.631. The zero-order valence-corrected chi connectivity index (χ0v) is 28.6. The molecule has 0 saturated heterocycles. The Bertz CT molecular complexity index is 2800. The summed E-state index contributed by atoms with van der Waals surface area (Å²) in [6.07, 6.45) is 0. The predicted octanol–water partition coefficient (Wildman–Crippen LogP) is 12.9. The molecule has 0 unspecified atom stereocenters. The van der Waals surface area contributed by atoms with Crippen molar-refractivity contribution in [1.29, 1.82) is 0 Å². The van der Waals surface area contributed by atoms with Crippen molar-refractivity contribution in [3.8, 4) is 67.4 Å². The van der Waals surface area contributed by atoms with Crippen molar-refractivity contribution in [2.45, 2.75) is 0 Å². The van der Waals surface area contributed by atoms with Gasteiger partial charge in [0.05, 0.1) is 28.0 Å². The molecule has 3 aromatic heterocycles. The Morgan fingerprint density at radius 2 is 0.811 bits per heavy atom. The normalized spacial score (nSPS) is 11.4. The number of hydrogen-bond donors (Lipinski definition) is 0. The second-order valence-corrected chi connectivity index (χ2v) is 13.2. The van der Waals surface area contributed by atoms with Crippen LogP contribution in [0.2, 0.25) is 0 Å². The summed E-state index contributed by atoms with van der Waals surface area (Å²) in [4.78, 5) is 15.7. The lowest BCUT2D eigenvalue weighted by Gasteiger charge is -2.12. The van der Waals surface area contributed by atoms with Gasteiger partial charge in [-0.1, -0.05) is 164 Å². The van der Waals surface area contributed by atoms with E-state index in [0.717, 1.165) is 83.3 Å². The second-order valence-electron chi connectivity index (χ2n) is 13.2. The fourth-order valence-electron chi connectivity index (χ4n) is 7.21. The van der Waals surface area contributed by atoms with Gasteiger partial charge in [-0.3, -0.25) is 0 Å². The average Bonchev–Trinajstić information content (AvgIpc) is 3.64. The molecule has 0 N–H and O–H groups in total. The van der Waals surface area contributed by atoms with Crippen LogP contribution in [0, 0.1) is 0 Å². The van der Waals surface area contributed by atoms with Crippen molar-refractivity contribution < 1.29 is 4.42 Å². The molecule has 0 atom stereocenters. The van der Waals surface area contributed by atoms with E-state index in [9.17, 15) is 0 Å². The molecule has 3 heterocycles. The first kappa shape index (κ1) is 30.6. The number of para-hydroxylation sites is 1. The highest BCUT2D eigenvalue weighted by atomic mass is 16.3. The quantitative estimate of drug-likeness (QED) is 0.176. The monoisotopic (exact) mass is 677 g/mol. The molecule has 248 valence electrons. The van der Waals surface area contributed by atoms with Gasteiger partial charge in [-0.15, -0.1) is 0 Å². The van der Waals surface area contributed by atoms with Crippen molar-refractivity contribution in [3.63, 3.8) is 0 Å². The van der Waals surface area contributed by atoms with E-state index in [1.807, 2.05) is 48.5 Å². The topological polar surface area (TPSA) is 51.8 Å². The van der Waals surface area contributed by atoms with Crippen LogP contribution in [0.15, 0.2) is 192 Å². The van der Waals surface area contributed by atoms with Crippen molar-refractivity contribution in [2.75, 3.05) is 0 Å². The van der Waals surface area contributed by atoms with Gasteiger partial charge in [0.1, 0.15) is 11.2 Å². The summed E-state index contributed by atoms with van der Waals surface area (Å²) in [6.45, 7) is 0. The van der Waals surface area contributed by atoms with Crippen LogP contribution in [0.5, 0.6) is 0 Å². The molecule has 0 aliphatic rings. The zero-order chi connectivity index (χ0) is 35.1. The molecule has 0 aliphatic carbocycles. The smallest absolute Gasteiger partial charge is 0.160 e. The standard InChI is InChI=1S/C49H31N3O/c1-4-12-32(13-5-1)34-20-24-36(25-21-34)42-31-43(37-26-22-35(23-27-37)33-14-6-2-7-15-33)52-49(51-42)39-28-29-40-44(30-39)50-47(38-16-8-3-9-17-38)46-41-18-10-11-19-45(41)53-48(40)46/h1-31H. The van der Waals surface area contributed by atoms with E-state index in [4.69, 9.17) is 19.4 Å². The molecule has 4 nitrogen and oxygen atoms in total. The van der Waals surface area contributed by atoms with E-state index in [-0.39, 0.29) is 0 Å². The molecule has 7 aromatic carbocycles. The van der Waals surface area contributed by atoms with Crippen LogP contribution in [0.25, 0.3) is 100 Å². The summed E-state index contributed by atoms with van der Waals surface area (Å²) >= 11 is 0. The van der Waals surface area contributed by atoms with Crippen molar-refractivity contribution in [1.82, 2.24) is 15.0 Å². The Kier molecular flexibility index (Phi) is 7.43. The molecular formula is C49H31N3O. The fraction of sp³-hybridized carbons (Fsp3) is 0. The first-order chi connectivity index (χ1) is 26.2. The molecule has 0 saturated carbocycles. The Morgan fingerprint density at radius 1 is 0.340 bits per heavy atom. The van der Waals surface area contributed by atoms with Crippen LogP contribution in [0.3, 0.4) is 0 Å². The zero-order valence-electron chi connectivity index (χ0n) is 28.6. The Hall–Kier alpha value is -7.17. The first-order valence-corrected chi connectivity index (χ1v) is 17.8. The molecule has 10 rings (SSSR count). The van der Waals surface area contributed by atoms with Crippen molar-refractivity contribution >= 4 is 32.8 Å². The number of benzene rings is 7. The predicted molar refractivity (Wildman–Crippen MR) is 217 cm³/mol. The Labute approximate surface area is 306 Å². The molecule has 0 aliphatic heterocycles. The molecule has 0 fully saturated rings. The number of rotatable bonds is 6. The number of nitrogens with zero attached hydrogens (tertiary/aromatic N) is 3. The molecule has 0 bridgehead atoms. The van der Waals surface area contributed by atoms with Crippen molar-refractivity contribution in [2.24, 2.45) is 0 Å². The number of pyridine rings is 1. The third-order valence-corrected chi connectivity index (χ3v) is 9.91. The lowest BCUT2D eigenvalue weighted by molar-refractivity contribution is 0.672. The van der Waals surface area contributed by atoms with Gasteiger partial charge in [0, 0.05) is 33.0 Å². The maximum absolute atomic E-state index is 6.54. The highest BCUT2D eigenvalue weighted by molar-refractivity contribution is 6.19. The third kappa shape index (κ3) is 5.63. The highest BCUT2D eigenvalue weighted by Crippen LogP contribution is 2.40. The Morgan fingerprint density at radius 3 is 1.40 bits per heavy atom. The second kappa shape index (κ2) is 12.9. The minimum Gasteiger partial charge on any atom is -0.455 e. The van der Waals surface area contributed by atoms with Crippen LogP contribution in [0.1, 0.15) is 0 Å². The fourth-order valence-corrected chi connectivity index (χ4v) is 7.21. The number of aromatic nitrogens is 3. The number of fused-ring (bicyclic) bond motifs is 5. The van der Waals surface area contributed by atoms with Gasteiger partial charge in [-0.25, -0.2) is 15.0 Å². The maximum atomic E-state index is 6.54. The van der Waals surface area contributed by atoms with Gasteiger partial charge >= 0.3 is 0 Å². The number of hydrogen-bond acceptors (Lipinski definition) is 4. The number of furan rings is 1. The summed E-state index contributed by atoms with van der Waals surface area (Å²) in [5.41, 5.74) is 13.7. The van der Waals surface area contributed by atoms with E-state index in [0.29, 0.717) is 5.82 Å². The van der Waals surface area contributed by atoms with Crippen LogP contribution in [-0.2, 0) is 0 Å². The lowest BCUT2D eigenvalue weighted by atomic mass is 10.00. The Balaban J connectivity index is 1.14. The molecule has 4 heteroatoms. The summed E-state index contributed by atoms with van der Waals surface area (Å²) in [7, 11) is 0. The van der Waals surface area contributed by atoms with Gasteiger partial charge in [0.15, 0.2) is 5.82 Å². The van der Waals surface area contributed by atoms with Gasteiger partial charge in [-0.05, 0) is 46.5 Å².